The van der Waals surface area contributed by atoms with E-state index in [1.165, 1.54) is 4.31 Å². The lowest BCUT2D eigenvalue weighted by Gasteiger charge is -2.33. The summed E-state index contributed by atoms with van der Waals surface area (Å²) < 4.78 is 36.0. The summed E-state index contributed by atoms with van der Waals surface area (Å²) in [5, 5.41) is 4.02. The largest absolute Gasteiger partial charge is 0.309 e. The Hall–Kier alpha value is -6.11. The van der Waals surface area contributed by atoms with E-state index in [1.54, 1.807) is 6.07 Å². The SMILES string of the molecule is O=S1(=O)c2ccc3c(c2-c2c(ccc4c2c2ccccc2n4-c2ccccc2)N1c1ccccc1)c1ccccc1n3-c1ccccc1. The number of hydrogen-bond acceptors (Lipinski definition) is 2. The van der Waals surface area contributed by atoms with Crippen LogP contribution in [0.5, 0.6) is 0 Å². The molecule has 7 aromatic carbocycles. The van der Waals surface area contributed by atoms with Gasteiger partial charge in [-0.15, -0.1) is 0 Å². The molecule has 10 rings (SSSR count). The highest BCUT2D eigenvalue weighted by molar-refractivity contribution is 7.93. The van der Waals surface area contributed by atoms with Crippen molar-refractivity contribution < 1.29 is 8.42 Å². The third-order valence-electron chi connectivity index (χ3n) is 9.62. The van der Waals surface area contributed by atoms with Gasteiger partial charge in [0.2, 0.25) is 0 Å². The Morgan fingerprint density at radius 3 is 1.35 bits per heavy atom. The Kier molecular flexibility index (Phi) is 5.60. The van der Waals surface area contributed by atoms with Gasteiger partial charge < -0.3 is 9.13 Å². The molecule has 0 aliphatic carbocycles. The first-order valence-corrected chi connectivity index (χ1v) is 17.4. The van der Waals surface area contributed by atoms with Gasteiger partial charge in [-0.1, -0.05) is 91.0 Å². The quantitative estimate of drug-likeness (QED) is 0.194. The van der Waals surface area contributed by atoms with E-state index < -0.39 is 10.0 Å². The first-order chi connectivity index (χ1) is 23.6. The lowest BCUT2D eigenvalue weighted by Crippen LogP contribution is -2.30. The third-order valence-corrected chi connectivity index (χ3v) is 11.4. The second-order valence-electron chi connectivity index (χ2n) is 12.2. The molecule has 0 fully saturated rings. The minimum Gasteiger partial charge on any atom is -0.309 e. The Bertz CT molecular complexity index is 2840. The van der Waals surface area contributed by atoms with Gasteiger partial charge in [0.15, 0.2) is 0 Å². The minimum absolute atomic E-state index is 0.298. The molecule has 0 radical (unpaired) electrons. The first kappa shape index (κ1) is 27.0. The van der Waals surface area contributed by atoms with Gasteiger partial charge in [0.25, 0.3) is 10.0 Å². The lowest BCUT2D eigenvalue weighted by molar-refractivity contribution is 0.596. The molecule has 6 heteroatoms. The molecule has 0 bridgehead atoms. The maximum atomic E-state index is 15.0. The van der Waals surface area contributed by atoms with E-state index in [9.17, 15) is 8.42 Å². The number of aromatic nitrogens is 2. The summed E-state index contributed by atoms with van der Waals surface area (Å²) >= 11 is 0. The van der Waals surface area contributed by atoms with E-state index in [-0.39, 0.29) is 0 Å². The van der Waals surface area contributed by atoms with Crippen LogP contribution in [0.2, 0.25) is 0 Å². The summed E-state index contributed by atoms with van der Waals surface area (Å²) in [7, 11) is -4.01. The van der Waals surface area contributed by atoms with E-state index >= 15 is 0 Å². The van der Waals surface area contributed by atoms with Crippen LogP contribution < -0.4 is 4.31 Å². The molecular formula is C42H27N3O2S. The highest BCUT2D eigenvalue weighted by Crippen LogP contribution is 2.55. The molecule has 0 saturated heterocycles. The molecule has 9 aromatic rings. The van der Waals surface area contributed by atoms with Crippen LogP contribution in [0, 0.1) is 0 Å². The molecule has 0 atom stereocenters. The molecule has 3 heterocycles. The second-order valence-corrected chi connectivity index (χ2v) is 13.9. The van der Waals surface area contributed by atoms with Gasteiger partial charge in [0.05, 0.1) is 38.3 Å². The number of sulfonamides is 1. The van der Waals surface area contributed by atoms with Gasteiger partial charge in [0, 0.05) is 44.0 Å². The molecule has 48 heavy (non-hydrogen) atoms. The zero-order valence-corrected chi connectivity index (χ0v) is 26.5. The Morgan fingerprint density at radius 1 is 0.375 bits per heavy atom. The summed E-state index contributed by atoms with van der Waals surface area (Å²) in [5.41, 5.74) is 9.02. The molecule has 1 aliphatic rings. The molecule has 0 N–H and O–H groups in total. The van der Waals surface area contributed by atoms with Gasteiger partial charge in [-0.05, 0) is 72.8 Å². The number of para-hydroxylation sites is 5. The summed E-state index contributed by atoms with van der Waals surface area (Å²) in [6, 6.07) is 54.6. The molecule has 0 spiro atoms. The zero-order valence-electron chi connectivity index (χ0n) is 25.7. The van der Waals surface area contributed by atoms with E-state index in [2.05, 4.69) is 88.0 Å². The van der Waals surface area contributed by atoms with Crippen molar-refractivity contribution in [3.8, 4) is 22.5 Å². The molecule has 0 unspecified atom stereocenters. The van der Waals surface area contributed by atoms with Gasteiger partial charge in [-0.3, -0.25) is 0 Å². The molecule has 0 saturated carbocycles. The van der Waals surface area contributed by atoms with Gasteiger partial charge >= 0.3 is 0 Å². The van der Waals surface area contributed by atoms with E-state index in [1.807, 2.05) is 78.9 Å². The number of hydrogen-bond donors (Lipinski definition) is 0. The van der Waals surface area contributed by atoms with E-state index in [4.69, 9.17) is 0 Å². The average Bonchev–Trinajstić information content (AvgIpc) is 3.66. The van der Waals surface area contributed by atoms with Gasteiger partial charge in [0.1, 0.15) is 0 Å². The summed E-state index contributed by atoms with van der Waals surface area (Å²) in [4.78, 5) is 0.298. The van der Waals surface area contributed by atoms with Crippen molar-refractivity contribution in [2.75, 3.05) is 4.31 Å². The second kappa shape index (κ2) is 9.94. The van der Waals surface area contributed by atoms with Crippen molar-refractivity contribution >= 4 is 65.0 Å². The van der Waals surface area contributed by atoms with Crippen LogP contribution in [0.1, 0.15) is 0 Å². The van der Waals surface area contributed by atoms with Crippen molar-refractivity contribution in [1.29, 1.82) is 0 Å². The van der Waals surface area contributed by atoms with Crippen molar-refractivity contribution in [3.05, 3.63) is 164 Å². The molecule has 228 valence electrons. The summed E-state index contributed by atoms with van der Waals surface area (Å²) in [6.07, 6.45) is 0. The molecule has 1 aliphatic heterocycles. The fourth-order valence-electron chi connectivity index (χ4n) is 7.76. The van der Waals surface area contributed by atoms with Crippen molar-refractivity contribution in [2.45, 2.75) is 4.90 Å². The number of nitrogens with zero attached hydrogens (tertiary/aromatic N) is 3. The van der Waals surface area contributed by atoms with Crippen molar-refractivity contribution in [2.24, 2.45) is 0 Å². The molecule has 5 nitrogen and oxygen atoms in total. The van der Waals surface area contributed by atoms with Crippen molar-refractivity contribution in [3.63, 3.8) is 0 Å². The van der Waals surface area contributed by atoms with Crippen LogP contribution in [0.3, 0.4) is 0 Å². The third kappa shape index (κ3) is 3.58. The van der Waals surface area contributed by atoms with Gasteiger partial charge in [-0.25, -0.2) is 12.7 Å². The maximum absolute atomic E-state index is 15.0. The van der Waals surface area contributed by atoms with E-state index in [0.717, 1.165) is 66.1 Å². The topological polar surface area (TPSA) is 47.2 Å². The predicted molar refractivity (Wildman–Crippen MR) is 196 cm³/mol. The maximum Gasteiger partial charge on any atom is 0.269 e. The lowest BCUT2D eigenvalue weighted by atomic mass is 9.93. The average molecular weight is 638 g/mol. The monoisotopic (exact) mass is 637 g/mol. The highest BCUT2D eigenvalue weighted by Gasteiger charge is 2.40. The minimum atomic E-state index is -4.01. The fourth-order valence-corrected chi connectivity index (χ4v) is 9.46. The number of fused-ring (bicyclic) bond motifs is 11. The number of benzene rings is 7. The smallest absolute Gasteiger partial charge is 0.269 e. The van der Waals surface area contributed by atoms with Gasteiger partial charge in [-0.2, -0.15) is 0 Å². The fraction of sp³-hybridized carbons (Fsp3) is 0. The molecule has 0 amide bonds. The number of rotatable bonds is 3. The standard InChI is InChI=1S/C42H27N3O2S/c46-48(47)38-27-26-36-40(32-21-11-13-23-34(32)44(36)29-16-6-2-7-17-29)42(38)41-37(45(48)30-18-8-3-9-19-30)25-24-35-39(41)31-20-10-12-22-33(31)43(35)28-14-4-1-5-15-28/h1-27H. The van der Waals surface area contributed by atoms with Crippen molar-refractivity contribution in [1.82, 2.24) is 9.13 Å². The Labute approximate surface area is 277 Å². The molecule has 2 aromatic heterocycles. The summed E-state index contributed by atoms with van der Waals surface area (Å²) in [5.74, 6) is 0. The van der Waals surface area contributed by atoms with Crippen LogP contribution in [-0.4, -0.2) is 17.6 Å². The summed E-state index contributed by atoms with van der Waals surface area (Å²) in [6.45, 7) is 0. The Morgan fingerprint density at radius 2 is 0.812 bits per heavy atom. The normalized spacial score (nSPS) is 13.7. The highest BCUT2D eigenvalue weighted by atomic mass is 32.2. The zero-order chi connectivity index (χ0) is 32.0. The molecular weight excluding hydrogens is 611 g/mol. The van der Waals surface area contributed by atoms with Crippen LogP contribution in [-0.2, 0) is 10.0 Å². The first-order valence-electron chi connectivity index (χ1n) is 16.0. The van der Waals surface area contributed by atoms with Crippen LogP contribution in [0.15, 0.2) is 169 Å². The van der Waals surface area contributed by atoms with E-state index in [0.29, 0.717) is 16.3 Å². The predicted octanol–water partition coefficient (Wildman–Crippen LogP) is 10.4. The van der Waals surface area contributed by atoms with Crippen LogP contribution >= 0.6 is 0 Å². The van der Waals surface area contributed by atoms with Crippen LogP contribution in [0.25, 0.3) is 66.1 Å². The Balaban J connectivity index is 1.45. The van der Waals surface area contributed by atoms with Crippen LogP contribution in [0.4, 0.5) is 11.4 Å². The number of anilines is 2.